The van der Waals surface area contributed by atoms with Gasteiger partial charge in [0.05, 0.1) is 18.0 Å². The fourth-order valence-corrected chi connectivity index (χ4v) is 3.25. The second-order valence-electron chi connectivity index (χ2n) is 6.21. The van der Waals surface area contributed by atoms with Gasteiger partial charge in [-0.05, 0) is 36.8 Å². The van der Waals surface area contributed by atoms with E-state index in [0.717, 1.165) is 17.9 Å². The molecule has 0 fully saturated rings. The molecule has 2 N–H and O–H groups in total. The zero-order chi connectivity index (χ0) is 20.4. The van der Waals surface area contributed by atoms with Gasteiger partial charge in [-0.25, -0.2) is 17.7 Å². The first-order valence-corrected chi connectivity index (χ1v) is 10.6. The van der Waals surface area contributed by atoms with E-state index in [2.05, 4.69) is 15.6 Å². The number of para-hydroxylation sites is 1. The summed E-state index contributed by atoms with van der Waals surface area (Å²) in [7, 11) is -0.378. The molecule has 0 atom stereocenters. The van der Waals surface area contributed by atoms with E-state index in [4.69, 9.17) is 4.74 Å². The molecule has 0 unspecified atom stereocenters. The molecule has 2 aromatic rings. The van der Waals surface area contributed by atoms with Gasteiger partial charge in [0.15, 0.2) is 5.96 Å². The maximum Gasteiger partial charge on any atom is 0.242 e. The summed E-state index contributed by atoms with van der Waals surface area (Å²) in [5.41, 5.74) is 0.926. The van der Waals surface area contributed by atoms with Gasteiger partial charge in [-0.15, -0.1) is 24.0 Å². The number of nitrogens with zero attached hydrogens (tertiary/aromatic N) is 2. The molecule has 0 bridgehead atoms. The number of aliphatic imine (C=N–C) groups is 1. The van der Waals surface area contributed by atoms with Crippen molar-refractivity contribution in [2.24, 2.45) is 4.99 Å². The number of benzene rings is 2. The van der Waals surface area contributed by atoms with Crippen LogP contribution in [0, 0.1) is 0 Å². The molecule has 9 heteroatoms. The highest BCUT2D eigenvalue weighted by Crippen LogP contribution is 2.14. The number of sulfonamides is 1. The summed E-state index contributed by atoms with van der Waals surface area (Å²) >= 11 is 0. The van der Waals surface area contributed by atoms with Crippen molar-refractivity contribution in [2.75, 3.05) is 33.8 Å². The van der Waals surface area contributed by atoms with Crippen LogP contribution < -0.4 is 15.4 Å². The topological polar surface area (TPSA) is 83.0 Å². The van der Waals surface area contributed by atoms with Gasteiger partial charge in [0, 0.05) is 20.6 Å². The standard InChI is InChI=1S/C20H28N4O3S.HI/c1-4-21-20(22-14-15-27-18-8-6-5-7-9-18)23-16-17-10-12-19(13-11-17)28(25,26)24(2)3;/h5-13H,4,14-16H2,1-3H3,(H2,21,22,23);1H. The normalized spacial score (nSPS) is 11.7. The third-order valence-corrected chi connectivity index (χ3v) is 5.70. The molecule has 0 saturated heterocycles. The van der Waals surface area contributed by atoms with Crippen LogP contribution >= 0.6 is 24.0 Å². The minimum Gasteiger partial charge on any atom is -0.492 e. The maximum atomic E-state index is 12.1. The summed E-state index contributed by atoms with van der Waals surface area (Å²) in [4.78, 5) is 4.81. The monoisotopic (exact) mass is 532 g/mol. The lowest BCUT2D eigenvalue weighted by molar-refractivity contribution is 0.322. The van der Waals surface area contributed by atoms with Crippen LogP contribution in [0.5, 0.6) is 5.75 Å². The number of ether oxygens (including phenoxy) is 1. The summed E-state index contributed by atoms with van der Waals surface area (Å²) in [5.74, 6) is 1.52. The van der Waals surface area contributed by atoms with Crippen molar-refractivity contribution in [2.45, 2.75) is 18.4 Å². The van der Waals surface area contributed by atoms with E-state index in [-0.39, 0.29) is 28.9 Å². The predicted molar refractivity (Wildman–Crippen MR) is 127 cm³/mol. The van der Waals surface area contributed by atoms with Crippen LogP contribution in [0.4, 0.5) is 0 Å². The first-order chi connectivity index (χ1) is 13.4. The van der Waals surface area contributed by atoms with E-state index in [1.54, 1.807) is 24.3 Å². The van der Waals surface area contributed by atoms with E-state index >= 15 is 0 Å². The lowest BCUT2D eigenvalue weighted by atomic mass is 10.2. The summed E-state index contributed by atoms with van der Waals surface area (Å²) in [6.07, 6.45) is 0. The van der Waals surface area contributed by atoms with Crippen LogP contribution in [0.25, 0.3) is 0 Å². The van der Waals surface area contributed by atoms with E-state index in [0.29, 0.717) is 25.7 Å². The molecule has 0 aliphatic rings. The summed E-state index contributed by atoms with van der Waals surface area (Å²) in [6, 6.07) is 16.4. The smallest absolute Gasteiger partial charge is 0.242 e. The van der Waals surface area contributed by atoms with Crippen molar-refractivity contribution in [1.82, 2.24) is 14.9 Å². The minimum atomic E-state index is -3.41. The number of hydrogen-bond donors (Lipinski definition) is 2. The van der Waals surface area contributed by atoms with Crippen molar-refractivity contribution in [3.63, 3.8) is 0 Å². The van der Waals surface area contributed by atoms with E-state index in [9.17, 15) is 8.42 Å². The Labute approximate surface area is 190 Å². The lowest BCUT2D eigenvalue weighted by Crippen LogP contribution is -2.39. The summed E-state index contributed by atoms with van der Waals surface area (Å²) in [5, 5.41) is 6.41. The van der Waals surface area contributed by atoms with E-state index in [1.165, 1.54) is 18.4 Å². The molecule has 0 radical (unpaired) electrons. The number of halogens is 1. The molecule has 7 nitrogen and oxygen atoms in total. The molecule has 0 aromatic heterocycles. The number of rotatable bonds is 9. The van der Waals surface area contributed by atoms with Crippen LogP contribution in [0.2, 0.25) is 0 Å². The Morgan fingerprint density at radius 2 is 1.69 bits per heavy atom. The van der Waals surface area contributed by atoms with Gasteiger partial charge < -0.3 is 15.4 Å². The van der Waals surface area contributed by atoms with Crippen LogP contribution in [-0.2, 0) is 16.6 Å². The Morgan fingerprint density at radius 3 is 2.28 bits per heavy atom. The maximum absolute atomic E-state index is 12.1. The molecular formula is C20H29IN4O3S. The van der Waals surface area contributed by atoms with Gasteiger partial charge in [0.2, 0.25) is 10.0 Å². The second kappa shape index (κ2) is 12.7. The third kappa shape index (κ3) is 8.19. The van der Waals surface area contributed by atoms with Gasteiger partial charge in [-0.3, -0.25) is 0 Å². The van der Waals surface area contributed by atoms with Crippen molar-refractivity contribution >= 4 is 40.0 Å². The predicted octanol–water partition coefficient (Wildman–Crippen LogP) is 2.69. The fraction of sp³-hybridized carbons (Fsp3) is 0.350. The minimum absolute atomic E-state index is 0. The molecule has 2 aromatic carbocycles. The van der Waals surface area contributed by atoms with Gasteiger partial charge in [0.1, 0.15) is 12.4 Å². The van der Waals surface area contributed by atoms with Crippen LogP contribution in [-0.4, -0.2) is 52.5 Å². The largest absolute Gasteiger partial charge is 0.492 e. The molecule has 0 aliphatic heterocycles. The Balaban J connectivity index is 0.00000420. The molecule has 0 heterocycles. The van der Waals surface area contributed by atoms with Crippen molar-refractivity contribution in [1.29, 1.82) is 0 Å². The molecule has 160 valence electrons. The molecule has 0 spiro atoms. The molecule has 0 amide bonds. The molecule has 2 rings (SSSR count). The van der Waals surface area contributed by atoms with Gasteiger partial charge in [-0.2, -0.15) is 0 Å². The van der Waals surface area contributed by atoms with Crippen LogP contribution in [0.3, 0.4) is 0 Å². The highest BCUT2D eigenvalue weighted by atomic mass is 127. The third-order valence-electron chi connectivity index (χ3n) is 3.87. The summed E-state index contributed by atoms with van der Waals surface area (Å²) < 4.78 is 31.1. The second-order valence-corrected chi connectivity index (χ2v) is 8.37. The Hall–Kier alpha value is -1.85. The molecule has 0 aliphatic carbocycles. The van der Waals surface area contributed by atoms with Crippen molar-refractivity contribution < 1.29 is 13.2 Å². The zero-order valence-electron chi connectivity index (χ0n) is 17.0. The Bertz CT molecular complexity index is 857. The van der Waals surface area contributed by atoms with Gasteiger partial charge in [0.25, 0.3) is 0 Å². The Kier molecular flexibility index (Phi) is 11.0. The van der Waals surface area contributed by atoms with Crippen LogP contribution in [0.1, 0.15) is 12.5 Å². The van der Waals surface area contributed by atoms with Crippen molar-refractivity contribution in [3.8, 4) is 5.75 Å². The van der Waals surface area contributed by atoms with Gasteiger partial charge in [-0.1, -0.05) is 30.3 Å². The lowest BCUT2D eigenvalue weighted by Gasteiger charge is -2.13. The first-order valence-electron chi connectivity index (χ1n) is 9.15. The van der Waals surface area contributed by atoms with E-state index in [1.807, 2.05) is 37.3 Å². The van der Waals surface area contributed by atoms with Gasteiger partial charge >= 0.3 is 0 Å². The fourth-order valence-electron chi connectivity index (χ4n) is 2.34. The SMILES string of the molecule is CCNC(=NCc1ccc(S(=O)(=O)N(C)C)cc1)NCCOc1ccccc1.I. The number of nitrogens with one attached hydrogen (secondary N) is 2. The number of hydrogen-bond acceptors (Lipinski definition) is 4. The quantitative estimate of drug-likeness (QED) is 0.225. The molecule has 0 saturated carbocycles. The number of guanidine groups is 1. The highest BCUT2D eigenvalue weighted by Gasteiger charge is 2.16. The Morgan fingerprint density at radius 1 is 1.03 bits per heavy atom. The zero-order valence-corrected chi connectivity index (χ0v) is 20.1. The highest BCUT2D eigenvalue weighted by molar-refractivity contribution is 14.0. The van der Waals surface area contributed by atoms with Crippen LogP contribution in [0.15, 0.2) is 64.5 Å². The average Bonchev–Trinajstić information content (AvgIpc) is 2.70. The van der Waals surface area contributed by atoms with E-state index < -0.39 is 10.0 Å². The molecule has 29 heavy (non-hydrogen) atoms. The average molecular weight is 532 g/mol. The summed E-state index contributed by atoms with van der Waals surface area (Å²) in [6.45, 7) is 4.31. The first kappa shape index (κ1) is 25.2. The van der Waals surface area contributed by atoms with Crippen molar-refractivity contribution in [3.05, 3.63) is 60.2 Å². The molecular weight excluding hydrogens is 503 g/mol.